The van der Waals surface area contributed by atoms with Gasteiger partial charge >= 0.3 is 0 Å². The monoisotopic (exact) mass is 393 g/mol. The predicted octanol–water partition coefficient (Wildman–Crippen LogP) is 4.58. The molecular formula is C13H10BrCl2NO2S. The Bertz CT molecular complexity index is 733. The maximum Gasteiger partial charge on any atom is 0.264 e. The third kappa shape index (κ3) is 3.11. The molecule has 0 saturated carbocycles. The van der Waals surface area contributed by atoms with Crippen LogP contribution < -0.4 is 4.31 Å². The van der Waals surface area contributed by atoms with Gasteiger partial charge in [-0.1, -0.05) is 23.2 Å². The van der Waals surface area contributed by atoms with Gasteiger partial charge in [-0.2, -0.15) is 0 Å². The molecule has 0 N–H and O–H groups in total. The second kappa shape index (κ2) is 5.93. The van der Waals surface area contributed by atoms with Gasteiger partial charge in [0.15, 0.2) is 0 Å². The van der Waals surface area contributed by atoms with Gasteiger partial charge in [-0.3, -0.25) is 4.31 Å². The minimum Gasteiger partial charge on any atom is -0.269 e. The van der Waals surface area contributed by atoms with Crippen LogP contribution >= 0.6 is 39.1 Å². The molecule has 0 radical (unpaired) electrons. The van der Waals surface area contributed by atoms with E-state index >= 15 is 0 Å². The van der Waals surface area contributed by atoms with Crippen LogP contribution in [0.5, 0.6) is 0 Å². The van der Waals surface area contributed by atoms with E-state index in [4.69, 9.17) is 23.2 Å². The number of anilines is 1. The van der Waals surface area contributed by atoms with Crippen molar-refractivity contribution < 1.29 is 8.42 Å². The van der Waals surface area contributed by atoms with Crippen molar-refractivity contribution in [1.82, 2.24) is 0 Å². The zero-order valence-electron chi connectivity index (χ0n) is 10.3. The largest absolute Gasteiger partial charge is 0.269 e. The molecule has 0 aromatic heterocycles. The summed E-state index contributed by atoms with van der Waals surface area (Å²) in [5.41, 5.74) is 0.480. The van der Waals surface area contributed by atoms with Crippen molar-refractivity contribution in [1.29, 1.82) is 0 Å². The van der Waals surface area contributed by atoms with Crippen molar-refractivity contribution in [3.05, 3.63) is 57.0 Å². The van der Waals surface area contributed by atoms with Crippen LogP contribution in [-0.4, -0.2) is 15.5 Å². The number of benzene rings is 2. The minimum absolute atomic E-state index is 0.170. The van der Waals surface area contributed by atoms with Crippen LogP contribution in [0.1, 0.15) is 0 Å². The first kappa shape index (κ1) is 15.6. The third-order valence-electron chi connectivity index (χ3n) is 2.74. The van der Waals surface area contributed by atoms with Crippen LogP contribution in [0, 0.1) is 0 Å². The molecule has 0 aliphatic carbocycles. The van der Waals surface area contributed by atoms with Crippen molar-refractivity contribution >= 4 is 54.8 Å². The summed E-state index contributed by atoms with van der Waals surface area (Å²) in [5, 5.41) is 0.930. The van der Waals surface area contributed by atoms with Gasteiger partial charge in [-0.05, 0) is 58.4 Å². The second-order valence-electron chi connectivity index (χ2n) is 4.02. The highest BCUT2D eigenvalue weighted by Crippen LogP contribution is 2.29. The number of nitrogens with zero attached hydrogens (tertiary/aromatic N) is 1. The van der Waals surface area contributed by atoms with Crippen molar-refractivity contribution in [3.8, 4) is 0 Å². The molecule has 0 unspecified atom stereocenters. The first-order valence-corrected chi connectivity index (χ1v) is 8.51. The molecule has 2 aromatic rings. The highest BCUT2D eigenvalue weighted by molar-refractivity contribution is 9.10. The molecule has 0 aliphatic rings. The maximum absolute atomic E-state index is 12.5. The van der Waals surface area contributed by atoms with Crippen molar-refractivity contribution in [2.75, 3.05) is 11.4 Å². The summed E-state index contributed by atoms with van der Waals surface area (Å²) < 4.78 is 26.8. The highest BCUT2D eigenvalue weighted by Gasteiger charge is 2.21. The van der Waals surface area contributed by atoms with E-state index in [0.29, 0.717) is 20.2 Å². The molecule has 0 saturated heterocycles. The number of sulfonamides is 1. The maximum atomic E-state index is 12.5. The van der Waals surface area contributed by atoms with Gasteiger partial charge < -0.3 is 0 Å². The summed E-state index contributed by atoms with van der Waals surface area (Å²) in [6.45, 7) is 0. The molecule has 0 heterocycles. The Morgan fingerprint density at radius 1 is 1.05 bits per heavy atom. The van der Waals surface area contributed by atoms with Crippen LogP contribution in [0.15, 0.2) is 51.8 Å². The predicted molar refractivity (Wildman–Crippen MR) is 86.2 cm³/mol. The van der Waals surface area contributed by atoms with Crippen molar-refractivity contribution in [2.24, 2.45) is 0 Å². The molecule has 3 nitrogen and oxygen atoms in total. The summed E-state index contributed by atoms with van der Waals surface area (Å²) in [6.07, 6.45) is 0. The smallest absolute Gasteiger partial charge is 0.264 e. The quantitative estimate of drug-likeness (QED) is 0.763. The normalized spacial score (nSPS) is 11.4. The van der Waals surface area contributed by atoms with E-state index in [9.17, 15) is 8.42 Å². The molecule has 0 atom stereocenters. The van der Waals surface area contributed by atoms with Gasteiger partial charge in [-0.25, -0.2) is 8.42 Å². The number of rotatable bonds is 3. The van der Waals surface area contributed by atoms with Gasteiger partial charge in [0, 0.05) is 16.5 Å². The molecular weight excluding hydrogens is 385 g/mol. The van der Waals surface area contributed by atoms with Gasteiger partial charge in [-0.15, -0.1) is 0 Å². The lowest BCUT2D eigenvalue weighted by Crippen LogP contribution is -2.26. The van der Waals surface area contributed by atoms with E-state index in [1.807, 2.05) is 0 Å². The van der Waals surface area contributed by atoms with Gasteiger partial charge in [0.2, 0.25) is 0 Å². The minimum atomic E-state index is -3.64. The Kier molecular flexibility index (Phi) is 4.64. The summed E-state index contributed by atoms with van der Waals surface area (Å²) in [6, 6.07) is 11.0. The Morgan fingerprint density at radius 2 is 1.65 bits per heavy atom. The lowest BCUT2D eigenvalue weighted by Gasteiger charge is -2.20. The molecule has 0 fully saturated rings. The molecule has 106 valence electrons. The standard InChI is InChI=1S/C13H10BrCl2NO2S/c1-17(10-4-7-12(14)13(16)8-10)20(18,19)11-5-2-9(15)3-6-11/h2-8H,1H3. The average molecular weight is 395 g/mol. The second-order valence-corrected chi connectivity index (χ2v) is 7.69. The summed E-state index contributed by atoms with van der Waals surface area (Å²) in [4.78, 5) is 0.170. The summed E-state index contributed by atoms with van der Waals surface area (Å²) in [5.74, 6) is 0. The van der Waals surface area contributed by atoms with Crippen LogP contribution in [0.3, 0.4) is 0 Å². The first-order valence-electron chi connectivity index (χ1n) is 5.52. The Morgan fingerprint density at radius 3 is 2.20 bits per heavy atom. The van der Waals surface area contributed by atoms with E-state index in [2.05, 4.69) is 15.9 Å². The third-order valence-corrected chi connectivity index (χ3v) is 6.02. The van der Waals surface area contributed by atoms with E-state index in [-0.39, 0.29) is 4.90 Å². The van der Waals surface area contributed by atoms with Crippen LogP contribution in [0.4, 0.5) is 5.69 Å². The number of hydrogen-bond acceptors (Lipinski definition) is 2. The molecule has 20 heavy (non-hydrogen) atoms. The van der Waals surface area contributed by atoms with Gasteiger partial charge in [0.1, 0.15) is 0 Å². The molecule has 2 aromatic carbocycles. The summed E-state index contributed by atoms with van der Waals surface area (Å²) >= 11 is 15.0. The molecule has 2 rings (SSSR count). The number of hydrogen-bond donors (Lipinski definition) is 0. The van der Waals surface area contributed by atoms with Crippen molar-refractivity contribution in [2.45, 2.75) is 4.90 Å². The zero-order valence-corrected chi connectivity index (χ0v) is 14.3. The molecule has 0 spiro atoms. The Labute approximate surface area is 136 Å². The van der Waals surface area contributed by atoms with Crippen LogP contribution in [0.2, 0.25) is 10.0 Å². The van der Waals surface area contributed by atoms with Crippen LogP contribution in [0.25, 0.3) is 0 Å². The average Bonchev–Trinajstić information content (AvgIpc) is 2.41. The lowest BCUT2D eigenvalue weighted by molar-refractivity contribution is 0.594. The Balaban J connectivity index is 2.42. The lowest BCUT2D eigenvalue weighted by atomic mass is 10.3. The fourth-order valence-corrected chi connectivity index (χ4v) is 3.32. The molecule has 0 amide bonds. The topological polar surface area (TPSA) is 37.4 Å². The molecule has 0 bridgehead atoms. The zero-order chi connectivity index (χ0) is 14.9. The molecule has 7 heteroatoms. The van der Waals surface area contributed by atoms with E-state index in [1.54, 1.807) is 18.2 Å². The first-order chi connectivity index (χ1) is 9.32. The Hall–Kier alpha value is -0.750. The highest BCUT2D eigenvalue weighted by atomic mass is 79.9. The van der Waals surface area contributed by atoms with Crippen LogP contribution in [-0.2, 0) is 10.0 Å². The summed E-state index contributed by atoms with van der Waals surface area (Å²) in [7, 11) is -2.16. The molecule has 0 aliphatic heterocycles. The fraction of sp³-hybridized carbons (Fsp3) is 0.0769. The number of halogens is 3. The van der Waals surface area contributed by atoms with Gasteiger partial charge in [0.25, 0.3) is 10.0 Å². The SMILES string of the molecule is CN(c1ccc(Br)c(Cl)c1)S(=O)(=O)c1ccc(Cl)cc1. The van der Waals surface area contributed by atoms with E-state index in [0.717, 1.165) is 0 Å². The van der Waals surface area contributed by atoms with E-state index in [1.165, 1.54) is 35.6 Å². The van der Waals surface area contributed by atoms with Crippen molar-refractivity contribution in [3.63, 3.8) is 0 Å². The van der Waals surface area contributed by atoms with E-state index < -0.39 is 10.0 Å². The fourth-order valence-electron chi connectivity index (χ4n) is 1.58. The van der Waals surface area contributed by atoms with Gasteiger partial charge in [0.05, 0.1) is 15.6 Å².